The summed E-state index contributed by atoms with van der Waals surface area (Å²) in [7, 11) is 0. The van der Waals surface area contributed by atoms with E-state index in [0.717, 1.165) is 16.5 Å². The van der Waals surface area contributed by atoms with E-state index in [2.05, 4.69) is 25.6 Å². The van der Waals surface area contributed by atoms with Crippen LogP contribution in [0.4, 0.5) is 17.5 Å². The molecule has 2 heterocycles. The number of carbonyl (C=O) groups is 3. The predicted octanol–water partition coefficient (Wildman–Crippen LogP) is 2.38. The molecule has 0 saturated heterocycles. The number of hydrogen-bond donors (Lipinski definition) is 6. The molecule has 39 heavy (non-hydrogen) atoms. The first-order chi connectivity index (χ1) is 18.7. The van der Waals surface area contributed by atoms with E-state index >= 15 is 0 Å². The highest BCUT2D eigenvalue weighted by Gasteiger charge is 2.22. The molecule has 0 radical (unpaired) electrons. The van der Waals surface area contributed by atoms with E-state index in [1.165, 1.54) is 0 Å². The first kappa shape index (κ1) is 26.6. The number of hydrogen-bond acceptors (Lipinski definition) is 8. The van der Waals surface area contributed by atoms with E-state index in [1.807, 2.05) is 12.3 Å². The van der Waals surface area contributed by atoms with Crippen LogP contribution in [0.2, 0.25) is 0 Å². The molecule has 0 aliphatic rings. The molecule has 2 aromatic carbocycles. The Bertz CT molecular complexity index is 1560. The van der Waals surface area contributed by atoms with E-state index in [0.29, 0.717) is 41.1 Å². The molecule has 12 nitrogen and oxygen atoms in total. The second kappa shape index (κ2) is 11.7. The molecule has 0 unspecified atom stereocenters. The Labute approximate surface area is 223 Å². The smallest absolute Gasteiger partial charge is 0.326 e. The van der Waals surface area contributed by atoms with Crippen molar-refractivity contribution in [3.63, 3.8) is 0 Å². The van der Waals surface area contributed by atoms with Crippen LogP contribution >= 0.6 is 0 Å². The Morgan fingerprint density at radius 2 is 1.74 bits per heavy atom. The van der Waals surface area contributed by atoms with Crippen LogP contribution in [0.3, 0.4) is 0 Å². The summed E-state index contributed by atoms with van der Waals surface area (Å²) in [6, 6.07) is 13.9. The van der Waals surface area contributed by atoms with Gasteiger partial charge in [0.15, 0.2) is 0 Å². The minimum atomic E-state index is -1.24. The average molecular weight is 527 g/mol. The number of benzene rings is 2. The minimum Gasteiger partial charge on any atom is -0.480 e. The third-order valence-corrected chi connectivity index (χ3v) is 6.12. The second-order valence-corrected chi connectivity index (χ2v) is 8.84. The van der Waals surface area contributed by atoms with Gasteiger partial charge < -0.3 is 32.2 Å². The highest BCUT2D eigenvalue weighted by atomic mass is 16.4. The van der Waals surface area contributed by atoms with E-state index in [-0.39, 0.29) is 18.8 Å². The van der Waals surface area contributed by atoms with Crippen LogP contribution in [-0.4, -0.2) is 43.9 Å². The van der Waals surface area contributed by atoms with Crippen molar-refractivity contribution in [2.24, 2.45) is 0 Å². The highest BCUT2D eigenvalue weighted by molar-refractivity contribution is 5.97. The molecule has 2 amide bonds. The number of H-pyrrole nitrogens is 1. The number of nitrogens with two attached hydrogens (primary N) is 2. The Morgan fingerprint density at radius 1 is 1.03 bits per heavy atom. The van der Waals surface area contributed by atoms with Crippen molar-refractivity contribution in [1.82, 2.24) is 20.3 Å². The number of fused-ring (bicyclic) bond motifs is 1. The summed E-state index contributed by atoms with van der Waals surface area (Å²) in [6.45, 7) is 0. The Hall–Kier alpha value is -5.44. The van der Waals surface area contributed by atoms with E-state index in [1.54, 1.807) is 48.5 Å². The van der Waals surface area contributed by atoms with Crippen LogP contribution in [0.1, 0.15) is 39.9 Å². The number of rotatable bonds is 10. The SMILES string of the molecule is N#Cc1ccc(NC(=O)CC[C@H](NC(=O)c2ccc(CCc3c[nH]c4nc(N)nc(N)c34)cc2)C(=O)O)cc1. The van der Waals surface area contributed by atoms with Gasteiger partial charge in [0.05, 0.1) is 17.0 Å². The maximum Gasteiger partial charge on any atom is 0.326 e. The molecule has 1 atom stereocenters. The highest BCUT2D eigenvalue weighted by Crippen LogP contribution is 2.24. The number of aromatic nitrogens is 3. The van der Waals surface area contributed by atoms with Crippen LogP contribution in [0.15, 0.2) is 54.7 Å². The summed E-state index contributed by atoms with van der Waals surface area (Å²) in [5.41, 5.74) is 15.4. The number of nitrogen functional groups attached to an aromatic ring is 2. The molecule has 0 saturated carbocycles. The lowest BCUT2D eigenvalue weighted by Crippen LogP contribution is -2.41. The zero-order valence-corrected chi connectivity index (χ0v) is 20.8. The van der Waals surface area contributed by atoms with Crippen molar-refractivity contribution < 1.29 is 19.5 Å². The number of aromatic amines is 1. The number of aliphatic carboxylic acids is 1. The molecule has 12 heteroatoms. The van der Waals surface area contributed by atoms with Gasteiger partial charge in [-0.1, -0.05) is 12.1 Å². The number of amides is 2. The van der Waals surface area contributed by atoms with Crippen molar-refractivity contribution in [2.45, 2.75) is 31.7 Å². The maximum absolute atomic E-state index is 12.7. The van der Waals surface area contributed by atoms with Crippen LogP contribution in [-0.2, 0) is 22.4 Å². The van der Waals surface area contributed by atoms with Crippen molar-refractivity contribution in [3.05, 3.63) is 77.0 Å². The molecule has 8 N–H and O–H groups in total. The number of nitrogens with one attached hydrogen (secondary N) is 3. The molecule has 2 aromatic heterocycles. The number of nitrogens with zero attached hydrogens (tertiary/aromatic N) is 3. The lowest BCUT2D eigenvalue weighted by molar-refractivity contribution is -0.139. The number of carboxylic acid groups (broad SMARTS) is 1. The fourth-order valence-corrected chi connectivity index (χ4v) is 4.07. The van der Waals surface area contributed by atoms with Gasteiger partial charge in [-0.05, 0) is 66.8 Å². The second-order valence-electron chi connectivity index (χ2n) is 8.84. The number of nitriles is 1. The Morgan fingerprint density at radius 3 is 2.41 bits per heavy atom. The molecule has 198 valence electrons. The number of anilines is 3. The summed E-state index contributed by atoms with van der Waals surface area (Å²) in [5.74, 6) is -1.80. The lowest BCUT2D eigenvalue weighted by Gasteiger charge is -2.15. The molecule has 0 bridgehead atoms. The largest absolute Gasteiger partial charge is 0.480 e. The molecule has 4 aromatic rings. The molecule has 4 rings (SSSR count). The summed E-state index contributed by atoms with van der Waals surface area (Å²) < 4.78 is 0. The minimum absolute atomic E-state index is 0.0929. The van der Waals surface area contributed by atoms with E-state index in [4.69, 9.17) is 16.7 Å². The normalized spacial score (nSPS) is 11.5. The van der Waals surface area contributed by atoms with Gasteiger partial charge in [0, 0.05) is 23.9 Å². The van der Waals surface area contributed by atoms with Gasteiger partial charge in [0.25, 0.3) is 5.91 Å². The topological polar surface area (TPSA) is 213 Å². The molecule has 0 spiro atoms. The van der Waals surface area contributed by atoms with Crippen molar-refractivity contribution in [2.75, 3.05) is 16.8 Å². The number of aryl methyl sites for hydroxylation is 2. The van der Waals surface area contributed by atoms with Gasteiger partial charge in [-0.25, -0.2) is 4.79 Å². The van der Waals surface area contributed by atoms with Gasteiger partial charge in [-0.2, -0.15) is 15.2 Å². The van der Waals surface area contributed by atoms with E-state index < -0.39 is 23.8 Å². The summed E-state index contributed by atoms with van der Waals surface area (Å²) >= 11 is 0. The van der Waals surface area contributed by atoms with Gasteiger partial charge >= 0.3 is 5.97 Å². The zero-order valence-electron chi connectivity index (χ0n) is 20.8. The predicted molar refractivity (Wildman–Crippen MR) is 144 cm³/mol. The summed E-state index contributed by atoms with van der Waals surface area (Å²) in [6.07, 6.45) is 2.91. The van der Waals surface area contributed by atoms with E-state index in [9.17, 15) is 19.5 Å². The van der Waals surface area contributed by atoms with Crippen LogP contribution in [0, 0.1) is 11.3 Å². The average Bonchev–Trinajstić information content (AvgIpc) is 3.33. The van der Waals surface area contributed by atoms with Gasteiger partial charge in [-0.15, -0.1) is 0 Å². The standard InChI is InChI=1S/C27H26N8O4/c28-13-16-4-9-19(10-5-16)32-21(36)12-11-20(26(38)39)33-25(37)17-6-1-15(2-7-17)3-8-18-14-31-24-22(18)23(29)34-27(30)35-24/h1-2,4-7,9-10,14,20H,3,8,11-12H2,(H,32,36)(H,33,37)(H,38,39)(H5,29,30,31,34,35)/t20-/m0/s1. The molecule has 0 fully saturated rings. The fourth-order valence-electron chi connectivity index (χ4n) is 4.07. The number of carboxylic acids is 1. The van der Waals surface area contributed by atoms with Crippen LogP contribution < -0.4 is 22.1 Å². The van der Waals surface area contributed by atoms with Crippen molar-refractivity contribution >= 4 is 46.3 Å². The first-order valence-electron chi connectivity index (χ1n) is 12.0. The molecule has 0 aliphatic heterocycles. The lowest BCUT2D eigenvalue weighted by atomic mass is 10.0. The molecular formula is C27H26N8O4. The van der Waals surface area contributed by atoms with Crippen LogP contribution in [0.25, 0.3) is 11.0 Å². The van der Waals surface area contributed by atoms with Gasteiger partial charge in [0.1, 0.15) is 17.5 Å². The Kier molecular flexibility index (Phi) is 8.01. The first-order valence-corrected chi connectivity index (χ1v) is 12.0. The maximum atomic E-state index is 12.7. The fraction of sp³-hybridized carbons (Fsp3) is 0.185. The monoisotopic (exact) mass is 526 g/mol. The van der Waals surface area contributed by atoms with Crippen molar-refractivity contribution in [1.29, 1.82) is 5.26 Å². The quantitative estimate of drug-likeness (QED) is 0.179. The third kappa shape index (κ3) is 6.66. The zero-order chi connectivity index (χ0) is 27.9. The van der Waals surface area contributed by atoms with Crippen LogP contribution in [0.5, 0.6) is 0 Å². The Balaban J connectivity index is 1.30. The van der Waals surface area contributed by atoms with Gasteiger partial charge in [-0.3, -0.25) is 9.59 Å². The molecule has 0 aliphatic carbocycles. The third-order valence-electron chi connectivity index (χ3n) is 6.12. The summed E-state index contributed by atoms with van der Waals surface area (Å²) in [5, 5.41) is 24.2. The van der Waals surface area contributed by atoms with Crippen molar-refractivity contribution in [3.8, 4) is 6.07 Å². The molecular weight excluding hydrogens is 500 g/mol. The summed E-state index contributed by atoms with van der Waals surface area (Å²) in [4.78, 5) is 47.8. The number of carbonyl (C=O) groups excluding carboxylic acids is 2. The van der Waals surface area contributed by atoms with Gasteiger partial charge in [0.2, 0.25) is 11.9 Å².